The molecule has 0 radical (unpaired) electrons. The summed E-state index contributed by atoms with van der Waals surface area (Å²) in [7, 11) is 0. The van der Waals surface area contributed by atoms with Gasteiger partial charge in [0.25, 0.3) is 0 Å². The largest absolute Gasteiger partial charge is 0.443 e. The molecule has 0 N–H and O–H groups in total. The van der Waals surface area contributed by atoms with Crippen molar-refractivity contribution in [3.8, 4) is 0 Å². The molecule has 1 heterocycles. The molecule has 116 valence electrons. The summed E-state index contributed by atoms with van der Waals surface area (Å²) in [5.74, 6) is 3.44. The fourth-order valence-electron chi connectivity index (χ4n) is 6.16. The van der Waals surface area contributed by atoms with Crippen LogP contribution in [0.5, 0.6) is 0 Å². The molecule has 6 rings (SSSR count). The average molecular weight is 295 g/mol. The maximum absolute atomic E-state index is 5.86. The Morgan fingerprint density at radius 2 is 1.68 bits per heavy atom. The molecule has 1 aromatic heterocycles. The van der Waals surface area contributed by atoms with E-state index in [2.05, 4.69) is 31.0 Å². The Balaban J connectivity index is 1.71. The second-order valence-electron chi connectivity index (χ2n) is 8.62. The number of nitrogens with zero attached hydrogens (tertiary/aromatic N) is 1. The molecule has 4 bridgehead atoms. The van der Waals surface area contributed by atoms with E-state index in [1.165, 1.54) is 49.7 Å². The summed E-state index contributed by atoms with van der Waals surface area (Å²) in [6.07, 6.45) is 10.3. The van der Waals surface area contributed by atoms with Crippen LogP contribution in [0.3, 0.4) is 0 Å². The minimum Gasteiger partial charge on any atom is -0.443 e. The molecule has 1 aromatic carbocycles. The van der Waals surface area contributed by atoms with Gasteiger partial charge in [0.15, 0.2) is 12.0 Å². The first kappa shape index (κ1) is 13.2. The van der Waals surface area contributed by atoms with Crippen molar-refractivity contribution < 1.29 is 4.42 Å². The van der Waals surface area contributed by atoms with Crippen LogP contribution < -0.4 is 0 Å². The van der Waals surface area contributed by atoms with Crippen molar-refractivity contribution in [1.29, 1.82) is 0 Å². The molecular formula is C20H25NO. The highest BCUT2D eigenvalue weighted by molar-refractivity contribution is 5.78. The van der Waals surface area contributed by atoms with Gasteiger partial charge in [-0.2, -0.15) is 0 Å². The van der Waals surface area contributed by atoms with Crippen LogP contribution in [0, 0.1) is 17.8 Å². The minimum atomic E-state index is 0.386. The first-order valence-electron chi connectivity index (χ1n) is 9.00. The van der Waals surface area contributed by atoms with Crippen LogP contribution in [0.1, 0.15) is 69.4 Å². The highest BCUT2D eigenvalue weighted by Gasteiger charge is 2.52. The van der Waals surface area contributed by atoms with E-state index < -0.39 is 0 Å². The maximum atomic E-state index is 5.86. The summed E-state index contributed by atoms with van der Waals surface area (Å²) in [4.78, 5) is 4.48. The molecule has 2 aromatic rings. The van der Waals surface area contributed by atoms with Gasteiger partial charge >= 0.3 is 0 Å². The Kier molecular flexibility index (Phi) is 2.61. The van der Waals surface area contributed by atoms with E-state index in [9.17, 15) is 0 Å². The van der Waals surface area contributed by atoms with E-state index >= 15 is 0 Å². The number of hydrogen-bond acceptors (Lipinski definition) is 2. The third-order valence-corrected chi connectivity index (χ3v) is 6.73. The Morgan fingerprint density at radius 1 is 1.05 bits per heavy atom. The monoisotopic (exact) mass is 295 g/mol. The van der Waals surface area contributed by atoms with Gasteiger partial charge in [-0.1, -0.05) is 19.9 Å². The van der Waals surface area contributed by atoms with Crippen LogP contribution in [0.4, 0.5) is 0 Å². The van der Waals surface area contributed by atoms with Gasteiger partial charge in [0.2, 0.25) is 0 Å². The third-order valence-electron chi connectivity index (χ3n) is 6.73. The van der Waals surface area contributed by atoms with Crippen LogP contribution >= 0.6 is 0 Å². The highest BCUT2D eigenvalue weighted by atomic mass is 16.3. The van der Waals surface area contributed by atoms with Crippen LogP contribution in [-0.2, 0) is 5.41 Å². The van der Waals surface area contributed by atoms with Gasteiger partial charge < -0.3 is 4.42 Å². The maximum Gasteiger partial charge on any atom is 0.181 e. The normalized spacial score (nSPS) is 36.6. The quantitative estimate of drug-likeness (QED) is 0.739. The molecule has 0 atom stereocenters. The summed E-state index contributed by atoms with van der Waals surface area (Å²) in [6.45, 7) is 4.56. The molecule has 0 amide bonds. The van der Waals surface area contributed by atoms with Gasteiger partial charge in [0, 0.05) is 5.56 Å². The van der Waals surface area contributed by atoms with E-state index in [0.717, 1.165) is 28.9 Å². The molecule has 0 unspecified atom stereocenters. The topological polar surface area (TPSA) is 26.0 Å². The fraction of sp³-hybridized carbons (Fsp3) is 0.650. The summed E-state index contributed by atoms with van der Waals surface area (Å²) in [5, 5.41) is 0. The molecule has 2 nitrogen and oxygen atoms in total. The van der Waals surface area contributed by atoms with Crippen LogP contribution in [0.25, 0.3) is 11.1 Å². The number of rotatable bonds is 2. The standard InChI is InChI=1S/C20H25NO/c1-12(2)16-6-17(19-18(7-16)21-11-22-19)20-8-13-3-14(9-20)5-15(4-13)10-20/h6-7,11-15H,3-5,8-10H2,1-2H3. The van der Waals surface area contributed by atoms with Crippen molar-refractivity contribution in [3.63, 3.8) is 0 Å². The molecule has 4 saturated carbocycles. The summed E-state index contributed by atoms with van der Waals surface area (Å²) in [5.41, 5.74) is 5.44. The SMILES string of the molecule is CC(C)c1cc(C23CC4CC(CC(C4)C2)C3)c2ocnc2c1. The number of oxazole rings is 1. The van der Waals surface area contributed by atoms with E-state index in [4.69, 9.17) is 4.42 Å². The number of benzene rings is 1. The second-order valence-corrected chi connectivity index (χ2v) is 8.62. The molecule has 2 heteroatoms. The molecular weight excluding hydrogens is 270 g/mol. The Morgan fingerprint density at radius 3 is 2.27 bits per heavy atom. The average Bonchev–Trinajstić information content (AvgIpc) is 2.92. The van der Waals surface area contributed by atoms with Crippen molar-refractivity contribution in [3.05, 3.63) is 29.7 Å². The highest BCUT2D eigenvalue weighted by Crippen LogP contribution is 2.61. The molecule has 4 aliphatic rings. The third kappa shape index (κ3) is 1.76. The first-order valence-corrected chi connectivity index (χ1v) is 9.00. The fourth-order valence-corrected chi connectivity index (χ4v) is 6.16. The lowest BCUT2D eigenvalue weighted by atomic mass is 9.48. The van der Waals surface area contributed by atoms with Crippen LogP contribution in [0.15, 0.2) is 22.9 Å². The predicted octanol–water partition coefficient (Wildman–Crippen LogP) is 5.42. The van der Waals surface area contributed by atoms with E-state index in [1.54, 1.807) is 6.39 Å². The van der Waals surface area contributed by atoms with Gasteiger partial charge in [-0.3, -0.25) is 0 Å². The minimum absolute atomic E-state index is 0.386. The van der Waals surface area contributed by atoms with Crippen molar-refractivity contribution in [2.45, 2.75) is 63.7 Å². The van der Waals surface area contributed by atoms with E-state index in [-0.39, 0.29) is 0 Å². The van der Waals surface area contributed by atoms with Crippen molar-refractivity contribution in [2.75, 3.05) is 0 Å². The lowest BCUT2D eigenvalue weighted by Crippen LogP contribution is -2.48. The van der Waals surface area contributed by atoms with Crippen molar-refractivity contribution in [2.24, 2.45) is 17.8 Å². The van der Waals surface area contributed by atoms with Crippen molar-refractivity contribution >= 4 is 11.1 Å². The van der Waals surface area contributed by atoms with Crippen molar-refractivity contribution in [1.82, 2.24) is 4.98 Å². The first-order chi connectivity index (χ1) is 10.6. The Hall–Kier alpha value is -1.31. The van der Waals surface area contributed by atoms with Gasteiger partial charge in [-0.05, 0) is 79.2 Å². The van der Waals surface area contributed by atoms with Gasteiger partial charge in [-0.25, -0.2) is 4.98 Å². The Bertz CT molecular complexity index is 691. The molecule has 0 spiro atoms. The Labute approximate surface area is 132 Å². The zero-order valence-corrected chi connectivity index (χ0v) is 13.6. The number of fused-ring (bicyclic) bond motifs is 1. The van der Waals surface area contributed by atoms with Gasteiger partial charge in [-0.15, -0.1) is 0 Å². The summed E-state index contributed by atoms with van der Waals surface area (Å²) < 4.78 is 5.86. The summed E-state index contributed by atoms with van der Waals surface area (Å²) in [6, 6.07) is 4.69. The number of hydrogen-bond donors (Lipinski definition) is 0. The van der Waals surface area contributed by atoms with Crippen LogP contribution in [-0.4, -0.2) is 4.98 Å². The predicted molar refractivity (Wildman–Crippen MR) is 87.9 cm³/mol. The van der Waals surface area contributed by atoms with E-state index in [0.29, 0.717) is 11.3 Å². The number of aromatic nitrogens is 1. The van der Waals surface area contributed by atoms with Gasteiger partial charge in [0.05, 0.1) is 0 Å². The smallest absolute Gasteiger partial charge is 0.181 e. The molecule has 22 heavy (non-hydrogen) atoms. The zero-order chi connectivity index (χ0) is 14.9. The molecule has 0 aliphatic heterocycles. The second kappa shape index (κ2) is 4.37. The molecule has 4 aliphatic carbocycles. The van der Waals surface area contributed by atoms with Crippen LogP contribution in [0.2, 0.25) is 0 Å². The molecule has 4 fully saturated rings. The summed E-state index contributed by atoms with van der Waals surface area (Å²) >= 11 is 0. The van der Waals surface area contributed by atoms with E-state index in [1.807, 2.05) is 0 Å². The molecule has 0 saturated heterocycles. The lowest BCUT2D eigenvalue weighted by molar-refractivity contribution is -0.00491. The van der Waals surface area contributed by atoms with Gasteiger partial charge in [0.1, 0.15) is 5.52 Å². The lowest BCUT2D eigenvalue weighted by Gasteiger charge is -2.57. The zero-order valence-electron chi connectivity index (χ0n) is 13.6.